The lowest BCUT2D eigenvalue weighted by Crippen LogP contribution is -2.48. The molecular formula is C12H15F4NO. The highest BCUT2D eigenvalue weighted by Crippen LogP contribution is 2.28. The standard InChI is InChI=1S/C12H15F4NO/c1-3-10(17)11(12(14,15)16)18-8-5-4-7(2)9(13)6-8/h4-6,10-11H,3,17H2,1-2H3. The Bertz CT molecular complexity index is 406. The summed E-state index contributed by atoms with van der Waals surface area (Å²) in [7, 11) is 0. The van der Waals surface area contributed by atoms with Crippen LogP contribution in [-0.2, 0) is 0 Å². The summed E-state index contributed by atoms with van der Waals surface area (Å²) in [6.45, 7) is 3.04. The lowest BCUT2D eigenvalue weighted by Gasteiger charge is -2.26. The van der Waals surface area contributed by atoms with Crippen molar-refractivity contribution in [2.45, 2.75) is 38.6 Å². The van der Waals surface area contributed by atoms with Crippen molar-refractivity contribution in [1.82, 2.24) is 0 Å². The number of benzene rings is 1. The Kier molecular flexibility index (Phi) is 4.56. The van der Waals surface area contributed by atoms with Crippen molar-refractivity contribution >= 4 is 0 Å². The van der Waals surface area contributed by atoms with Crippen molar-refractivity contribution in [2.24, 2.45) is 5.73 Å². The van der Waals surface area contributed by atoms with Crippen molar-refractivity contribution < 1.29 is 22.3 Å². The van der Waals surface area contributed by atoms with Gasteiger partial charge in [-0.25, -0.2) is 4.39 Å². The van der Waals surface area contributed by atoms with E-state index in [4.69, 9.17) is 10.5 Å². The number of aryl methyl sites for hydroxylation is 1. The molecule has 2 atom stereocenters. The first-order valence-corrected chi connectivity index (χ1v) is 5.50. The number of rotatable bonds is 4. The van der Waals surface area contributed by atoms with Gasteiger partial charge in [0.25, 0.3) is 0 Å². The summed E-state index contributed by atoms with van der Waals surface area (Å²) in [4.78, 5) is 0. The predicted octanol–water partition coefficient (Wildman–Crippen LogP) is 3.18. The van der Waals surface area contributed by atoms with Crippen LogP contribution in [0.3, 0.4) is 0 Å². The number of alkyl halides is 3. The van der Waals surface area contributed by atoms with Crippen LogP contribution in [0.4, 0.5) is 17.6 Å². The van der Waals surface area contributed by atoms with Gasteiger partial charge in [0.05, 0.1) is 6.04 Å². The predicted molar refractivity (Wildman–Crippen MR) is 59.9 cm³/mol. The molecule has 0 aliphatic rings. The molecule has 2 nitrogen and oxygen atoms in total. The van der Waals surface area contributed by atoms with Crippen LogP contribution in [0, 0.1) is 12.7 Å². The fourth-order valence-corrected chi connectivity index (χ4v) is 1.40. The van der Waals surface area contributed by atoms with E-state index in [-0.39, 0.29) is 12.2 Å². The van der Waals surface area contributed by atoms with Crippen molar-refractivity contribution in [3.05, 3.63) is 29.6 Å². The summed E-state index contributed by atoms with van der Waals surface area (Å²) in [6.07, 6.45) is -6.61. The van der Waals surface area contributed by atoms with E-state index >= 15 is 0 Å². The van der Waals surface area contributed by atoms with Gasteiger partial charge in [0.2, 0.25) is 6.10 Å². The fourth-order valence-electron chi connectivity index (χ4n) is 1.40. The van der Waals surface area contributed by atoms with Crippen LogP contribution in [-0.4, -0.2) is 18.3 Å². The molecule has 0 radical (unpaired) electrons. The van der Waals surface area contributed by atoms with Gasteiger partial charge in [0, 0.05) is 6.07 Å². The molecule has 2 N–H and O–H groups in total. The maximum Gasteiger partial charge on any atom is 0.426 e. The molecule has 0 saturated carbocycles. The average Bonchev–Trinajstić information content (AvgIpc) is 2.28. The largest absolute Gasteiger partial charge is 0.479 e. The monoisotopic (exact) mass is 265 g/mol. The van der Waals surface area contributed by atoms with E-state index in [2.05, 4.69) is 0 Å². The van der Waals surface area contributed by atoms with Gasteiger partial charge in [-0.1, -0.05) is 13.0 Å². The normalized spacial score (nSPS) is 15.3. The van der Waals surface area contributed by atoms with Crippen molar-refractivity contribution in [1.29, 1.82) is 0 Å². The molecule has 6 heteroatoms. The lowest BCUT2D eigenvalue weighted by atomic mass is 10.1. The molecule has 0 fully saturated rings. The number of hydrogen-bond donors (Lipinski definition) is 1. The second kappa shape index (κ2) is 5.56. The van der Waals surface area contributed by atoms with E-state index in [9.17, 15) is 17.6 Å². The highest BCUT2D eigenvalue weighted by molar-refractivity contribution is 5.28. The summed E-state index contributed by atoms with van der Waals surface area (Å²) in [6, 6.07) is 2.39. The Balaban J connectivity index is 2.93. The van der Waals surface area contributed by atoms with Crippen molar-refractivity contribution in [2.75, 3.05) is 0 Å². The van der Waals surface area contributed by atoms with Crippen LogP contribution in [0.2, 0.25) is 0 Å². The highest BCUT2D eigenvalue weighted by Gasteiger charge is 2.45. The molecule has 102 valence electrons. The van der Waals surface area contributed by atoms with Gasteiger partial charge in [-0.15, -0.1) is 0 Å². The molecule has 0 spiro atoms. The Morgan fingerprint density at radius 1 is 1.33 bits per heavy atom. The molecule has 0 amide bonds. The SMILES string of the molecule is CCC(N)C(Oc1ccc(C)c(F)c1)C(F)(F)F. The molecule has 0 saturated heterocycles. The molecule has 1 rings (SSSR count). The van der Waals surface area contributed by atoms with E-state index in [1.54, 1.807) is 0 Å². The van der Waals surface area contributed by atoms with E-state index in [1.165, 1.54) is 26.0 Å². The number of ether oxygens (including phenoxy) is 1. The van der Waals surface area contributed by atoms with Gasteiger partial charge in [0.15, 0.2) is 0 Å². The topological polar surface area (TPSA) is 35.2 Å². The van der Waals surface area contributed by atoms with E-state index in [0.717, 1.165) is 6.07 Å². The molecule has 2 unspecified atom stereocenters. The number of nitrogens with two attached hydrogens (primary N) is 1. The molecule has 0 heterocycles. The third kappa shape index (κ3) is 3.60. The summed E-state index contributed by atoms with van der Waals surface area (Å²) in [5.74, 6) is -0.789. The van der Waals surface area contributed by atoms with Crippen molar-refractivity contribution in [3.8, 4) is 5.75 Å². The summed E-state index contributed by atoms with van der Waals surface area (Å²) >= 11 is 0. The third-order valence-electron chi connectivity index (χ3n) is 2.59. The first-order valence-electron chi connectivity index (χ1n) is 5.50. The second-order valence-electron chi connectivity index (χ2n) is 4.06. The number of halogens is 4. The van der Waals surface area contributed by atoms with E-state index < -0.39 is 24.1 Å². The molecule has 0 aliphatic heterocycles. The first-order chi connectivity index (χ1) is 8.25. The van der Waals surface area contributed by atoms with Crippen LogP contribution in [0.5, 0.6) is 5.75 Å². The fraction of sp³-hybridized carbons (Fsp3) is 0.500. The molecule has 0 bridgehead atoms. The first kappa shape index (κ1) is 14.8. The van der Waals surface area contributed by atoms with E-state index in [1.807, 2.05) is 0 Å². The third-order valence-corrected chi connectivity index (χ3v) is 2.59. The highest BCUT2D eigenvalue weighted by atomic mass is 19.4. The minimum absolute atomic E-state index is 0.110. The van der Waals surface area contributed by atoms with Crippen LogP contribution in [0.1, 0.15) is 18.9 Å². The zero-order valence-electron chi connectivity index (χ0n) is 10.1. The molecule has 0 aliphatic carbocycles. The van der Waals surface area contributed by atoms with Gasteiger partial charge in [-0.05, 0) is 25.0 Å². The molecular weight excluding hydrogens is 250 g/mol. The number of hydrogen-bond acceptors (Lipinski definition) is 2. The minimum atomic E-state index is -4.59. The van der Waals surface area contributed by atoms with Crippen molar-refractivity contribution in [3.63, 3.8) is 0 Å². The Labute approximate surface area is 103 Å². The minimum Gasteiger partial charge on any atom is -0.479 e. The van der Waals surface area contributed by atoms with Crippen LogP contribution in [0.15, 0.2) is 18.2 Å². The zero-order valence-corrected chi connectivity index (χ0v) is 10.1. The van der Waals surface area contributed by atoms with Gasteiger partial charge in [-0.3, -0.25) is 0 Å². The Hall–Kier alpha value is -1.30. The average molecular weight is 265 g/mol. The lowest BCUT2D eigenvalue weighted by molar-refractivity contribution is -0.200. The molecule has 0 aromatic heterocycles. The zero-order chi connectivity index (χ0) is 13.9. The van der Waals surface area contributed by atoms with Gasteiger partial charge >= 0.3 is 6.18 Å². The summed E-state index contributed by atoms with van der Waals surface area (Å²) in [5, 5.41) is 0. The molecule has 1 aromatic carbocycles. The molecule has 18 heavy (non-hydrogen) atoms. The quantitative estimate of drug-likeness (QED) is 0.848. The van der Waals surface area contributed by atoms with Crippen LogP contribution in [0.25, 0.3) is 0 Å². The van der Waals surface area contributed by atoms with Gasteiger partial charge in [0.1, 0.15) is 11.6 Å². The maximum atomic E-state index is 13.2. The Morgan fingerprint density at radius 3 is 2.39 bits per heavy atom. The van der Waals surface area contributed by atoms with Crippen LogP contribution >= 0.6 is 0 Å². The Morgan fingerprint density at radius 2 is 1.94 bits per heavy atom. The maximum absolute atomic E-state index is 13.2. The summed E-state index contributed by atoms with van der Waals surface area (Å²) < 4.78 is 56.2. The smallest absolute Gasteiger partial charge is 0.426 e. The van der Waals surface area contributed by atoms with Crippen LogP contribution < -0.4 is 10.5 Å². The summed E-state index contributed by atoms with van der Waals surface area (Å²) in [5.41, 5.74) is 5.72. The second-order valence-corrected chi connectivity index (χ2v) is 4.06. The van der Waals surface area contributed by atoms with Gasteiger partial charge in [-0.2, -0.15) is 13.2 Å². The molecule has 1 aromatic rings. The van der Waals surface area contributed by atoms with Gasteiger partial charge < -0.3 is 10.5 Å². The van der Waals surface area contributed by atoms with E-state index in [0.29, 0.717) is 5.56 Å².